The van der Waals surface area contributed by atoms with Gasteiger partial charge in [0, 0.05) is 23.3 Å². The van der Waals surface area contributed by atoms with E-state index in [1.807, 2.05) is 19.1 Å². The summed E-state index contributed by atoms with van der Waals surface area (Å²) in [5.74, 6) is -1.07. The second kappa shape index (κ2) is 8.94. The van der Waals surface area contributed by atoms with Gasteiger partial charge in [0.05, 0.1) is 17.2 Å². The lowest BCUT2D eigenvalue weighted by molar-refractivity contribution is -0.505. The Morgan fingerprint density at radius 2 is 1.93 bits per heavy atom. The van der Waals surface area contributed by atoms with Gasteiger partial charge in [-0.1, -0.05) is 36.0 Å². The first-order valence-corrected chi connectivity index (χ1v) is 9.48. The van der Waals surface area contributed by atoms with E-state index in [1.165, 1.54) is 6.92 Å². The number of rotatable bonds is 6. The molecule has 1 aliphatic heterocycles. The monoisotopic (exact) mass is 390 g/mol. The van der Waals surface area contributed by atoms with Crippen molar-refractivity contribution in [1.82, 2.24) is 0 Å². The summed E-state index contributed by atoms with van der Waals surface area (Å²) in [5, 5.41) is 11.7. The number of hydrogen-bond acceptors (Lipinski definition) is 7. The van der Waals surface area contributed by atoms with E-state index in [0.717, 1.165) is 17.3 Å². The number of thioether (sulfide) groups is 1. The average Bonchev–Trinajstić information content (AvgIpc) is 2.57. The van der Waals surface area contributed by atoms with E-state index in [9.17, 15) is 19.7 Å². The maximum absolute atomic E-state index is 12.8. The molecule has 2 rings (SSSR count). The molecular formula is C19H22N2O5S. The molecule has 0 aliphatic carbocycles. The highest BCUT2D eigenvalue weighted by atomic mass is 32.2. The van der Waals surface area contributed by atoms with Crippen LogP contribution in [0.25, 0.3) is 0 Å². The van der Waals surface area contributed by atoms with Crippen molar-refractivity contribution in [2.24, 2.45) is 4.99 Å². The molecule has 1 aliphatic rings. The Balaban J connectivity index is 2.42. The van der Waals surface area contributed by atoms with E-state index < -0.39 is 22.9 Å². The Labute approximate surface area is 162 Å². The summed E-state index contributed by atoms with van der Waals surface area (Å²) in [6, 6.07) is 6.15. The number of ether oxygens (including phenoxy) is 1. The average molecular weight is 390 g/mol. The first kappa shape index (κ1) is 20.8. The summed E-state index contributed by atoms with van der Waals surface area (Å²) in [5.41, 5.74) is 2.54. The zero-order chi connectivity index (χ0) is 20.1. The van der Waals surface area contributed by atoms with Crippen LogP contribution in [-0.4, -0.2) is 40.1 Å². The summed E-state index contributed by atoms with van der Waals surface area (Å²) < 4.78 is 5.30. The molecular weight excluding hydrogens is 368 g/mol. The summed E-state index contributed by atoms with van der Waals surface area (Å²) in [6.07, 6.45) is 0. The maximum Gasteiger partial charge on any atom is 0.336 e. The van der Waals surface area contributed by atoms with Crippen LogP contribution in [0.4, 0.5) is 0 Å². The lowest BCUT2D eigenvalue weighted by atomic mass is 9.78. The van der Waals surface area contributed by atoms with Gasteiger partial charge in [0.1, 0.15) is 6.61 Å². The lowest BCUT2D eigenvalue weighted by Gasteiger charge is -2.28. The SMILES string of the molecule is CC(=O)SCCOC(=O)C1=C(C)N=C(C)C([N+](=O)[O-])C1c1ccccc1C. The molecule has 8 heteroatoms. The number of aryl methyl sites for hydroxylation is 1. The third-order valence-electron chi connectivity index (χ3n) is 4.38. The molecule has 0 radical (unpaired) electrons. The molecule has 0 spiro atoms. The highest BCUT2D eigenvalue weighted by Crippen LogP contribution is 2.38. The van der Waals surface area contributed by atoms with Gasteiger partial charge in [-0.15, -0.1) is 0 Å². The Hall–Kier alpha value is -2.48. The second-order valence-corrected chi connectivity index (χ2v) is 7.56. The van der Waals surface area contributed by atoms with Crippen molar-refractivity contribution in [3.63, 3.8) is 0 Å². The van der Waals surface area contributed by atoms with Gasteiger partial charge in [-0.05, 0) is 31.9 Å². The molecule has 144 valence electrons. The zero-order valence-corrected chi connectivity index (χ0v) is 16.5. The van der Waals surface area contributed by atoms with E-state index in [1.54, 1.807) is 26.0 Å². The van der Waals surface area contributed by atoms with Crippen LogP contribution >= 0.6 is 11.8 Å². The lowest BCUT2D eigenvalue weighted by Crippen LogP contribution is -2.40. The molecule has 1 aromatic rings. The van der Waals surface area contributed by atoms with Gasteiger partial charge >= 0.3 is 5.97 Å². The minimum absolute atomic E-state index is 0.0478. The number of allylic oxidation sites excluding steroid dienone is 1. The quantitative estimate of drug-likeness (QED) is 0.320. The van der Waals surface area contributed by atoms with E-state index in [0.29, 0.717) is 22.7 Å². The fraction of sp³-hybridized carbons (Fsp3) is 0.421. The summed E-state index contributed by atoms with van der Waals surface area (Å²) in [6.45, 7) is 6.61. The molecule has 0 saturated carbocycles. The fourth-order valence-electron chi connectivity index (χ4n) is 3.22. The smallest absolute Gasteiger partial charge is 0.336 e. The number of nitro groups is 1. The first-order valence-electron chi connectivity index (χ1n) is 8.49. The topological polar surface area (TPSA) is 98.9 Å². The molecule has 0 bridgehead atoms. The van der Waals surface area contributed by atoms with Crippen molar-refractivity contribution in [3.05, 3.63) is 56.8 Å². The third-order valence-corrected chi connectivity index (χ3v) is 5.16. The number of carbonyl (C=O) groups is 2. The summed E-state index contributed by atoms with van der Waals surface area (Å²) in [4.78, 5) is 39.4. The molecule has 1 aromatic carbocycles. The highest BCUT2D eigenvalue weighted by Gasteiger charge is 2.45. The van der Waals surface area contributed by atoms with Gasteiger partial charge in [0.2, 0.25) is 0 Å². The van der Waals surface area contributed by atoms with Crippen LogP contribution in [0, 0.1) is 17.0 Å². The van der Waals surface area contributed by atoms with Crippen LogP contribution in [-0.2, 0) is 14.3 Å². The summed E-state index contributed by atoms with van der Waals surface area (Å²) in [7, 11) is 0. The number of benzene rings is 1. The Morgan fingerprint density at radius 3 is 2.52 bits per heavy atom. The van der Waals surface area contributed by atoms with Crippen LogP contribution < -0.4 is 0 Å². The normalized spacial score (nSPS) is 19.5. The number of carbonyl (C=O) groups excluding carboxylic acids is 2. The largest absolute Gasteiger partial charge is 0.461 e. The van der Waals surface area contributed by atoms with Crippen molar-refractivity contribution >= 4 is 28.6 Å². The van der Waals surface area contributed by atoms with E-state index in [-0.39, 0.29) is 17.3 Å². The predicted octanol–water partition coefficient (Wildman–Crippen LogP) is 3.30. The predicted molar refractivity (Wildman–Crippen MR) is 105 cm³/mol. The van der Waals surface area contributed by atoms with Gasteiger partial charge in [-0.3, -0.25) is 19.9 Å². The van der Waals surface area contributed by atoms with E-state index in [2.05, 4.69) is 4.99 Å². The molecule has 0 amide bonds. The minimum Gasteiger partial charge on any atom is -0.461 e. The molecule has 1 heterocycles. The van der Waals surface area contributed by atoms with Gasteiger partial charge in [0.25, 0.3) is 6.04 Å². The van der Waals surface area contributed by atoms with Crippen molar-refractivity contribution in [3.8, 4) is 0 Å². The Bertz CT molecular complexity index is 831. The van der Waals surface area contributed by atoms with E-state index >= 15 is 0 Å². The van der Waals surface area contributed by atoms with Gasteiger partial charge in [-0.25, -0.2) is 4.79 Å². The summed E-state index contributed by atoms with van der Waals surface area (Å²) >= 11 is 1.06. The Morgan fingerprint density at radius 1 is 1.26 bits per heavy atom. The molecule has 7 nitrogen and oxygen atoms in total. The standard InChI is InChI=1S/C19H22N2O5S/c1-11-7-5-6-8-15(11)17-16(19(23)26-9-10-27-14(4)22)12(2)20-13(3)18(17)21(24)25/h5-8,17-18H,9-10H2,1-4H3. The van der Waals surface area contributed by atoms with Gasteiger partial charge in [-0.2, -0.15) is 0 Å². The molecule has 0 saturated heterocycles. The van der Waals surface area contributed by atoms with Crippen molar-refractivity contribution < 1.29 is 19.2 Å². The van der Waals surface area contributed by atoms with Gasteiger partial charge in [0.15, 0.2) is 5.12 Å². The molecule has 0 N–H and O–H groups in total. The first-order chi connectivity index (χ1) is 12.7. The fourth-order valence-corrected chi connectivity index (χ4v) is 3.68. The maximum atomic E-state index is 12.8. The molecule has 27 heavy (non-hydrogen) atoms. The number of nitrogens with zero attached hydrogens (tertiary/aromatic N) is 2. The van der Waals surface area contributed by atoms with Crippen LogP contribution in [0.15, 0.2) is 40.5 Å². The highest BCUT2D eigenvalue weighted by molar-refractivity contribution is 8.13. The minimum atomic E-state index is -1.14. The third kappa shape index (κ3) is 4.82. The number of hydrogen-bond donors (Lipinski definition) is 0. The van der Waals surface area contributed by atoms with E-state index in [4.69, 9.17) is 4.74 Å². The van der Waals surface area contributed by atoms with Crippen LogP contribution in [0.5, 0.6) is 0 Å². The molecule has 2 atom stereocenters. The van der Waals surface area contributed by atoms with Gasteiger partial charge < -0.3 is 4.74 Å². The van der Waals surface area contributed by atoms with Crippen LogP contribution in [0.1, 0.15) is 37.8 Å². The van der Waals surface area contributed by atoms with Crippen LogP contribution in [0.2, 0.25) is 0 Å². The molecule has 0 aromatic heterocycles. The van der Waals surface area contributed by atoms with Crippen molar-refractivity contribution in [2.75, 3.05) is 12.4 Å². The zero-order valence-electron chi connectivity index (χ0n) is 15.7. The molecule has 2 unspecified atom stereocenters. The second-order valence-electron chi connectivity index (χ2n) is 6.29. The van der Waals surface area contributed by atoms with Crippen molar-refractivity contribution in [2.45, 2.75) is 39.7 Å². The Kier molecular flexibility index (Phi) is 6.90. The van der Waals surface area contributed by atoms with Crippen molar-refractivity contribution in [1.29, 1.82) is 0 Å². The number of esters is 1. The number of aliphatic imine (C=N–C) groups is 1. The van der Waals surface area contributed by atoms with Crippen LogP contribution in [0.3, 0.4) is 0 Å². The molecule has 0 fully saturated rings.